The zero-order valence-electron chi connectivity index (χ0n) is 10.1. The van der Waals surface area contributed by atoms with Gasteiger partial charge in [-0.1, -0.05) is 0 Å². The molecular formula is C12H22N2O. The molecule has 0 aromatic carbocycles. The van der Waals surface area contributed by atoms with Crippen LogP contribution in [0.2, 0.25) is 0 Å². The van der Waals surface area contributed by atoms with Crippen LogP contribution in [0.4, 0.5) is 0 Å². The molecule has 3 nitrogen and oxygen atoms in total. The fourth-order valence-corrected chi connectivity index (χ4v) is 2.82. The molecule has 3 heteroatoms. The third-order valence-electron chi connectivity index (χ3n) is 4.09. The Labute approximate surface area is 92.4 Å². The molecule has 0 bridgehead atoms. The molecule has 0 atom stereocenters. The van der Waals surface area contributed by atoms with E-state index in [4.69, 9.17) is 0 Å². The van der Waals surface area contributed by atoms with Crippen molar-refractivity contribution < 1.29 is 4.79 Å². The van der Waals surface area contributed by atoms with E-state index in [0.29, 0.717) is 11.5 Å². The largest absolute Gasteiger partial charge is 0.342 e. The van der Waals surface area contributed by atoms with E-state index in [1.807, 2.05) is 4.90 Å². The van der Waals surface area contributed by atoms with Gasteiger partial charge in [-0.3, -0.25) is 4.79 Å². The van der Waals surface area contributed by atoms with Gasteiger partial charge in [0.15, 0.2) is 0 Å². The summed E-state index contributed by atoms with van der Waals surface area (Å²) >= 11 is 0. The zero-order chi connectivity index (χ0) is 11.1. The van der Waals surface area contributed by atoms with E-state index in [-0.39, 0.29) is 5.91 Å². The predicted octanol–water partition coefficient (Wildman–Crippen LogP) is 1.34. The van der Waals surface area contributed by atoms with Gasteiger partial charge in [0.2, 0.25) is 5.91 Å². The minimum Gasteiger partial charge on any atom is -0.342 e. The van der Waals surface area contributed by atoms with E-state index in [2.05, 4.69) is 18.7 Å². The number of hydrogen-bond acceptors (Lipinski definition) is 2. The van der Waals surface area contributed by atoms with Crippen LogP contribution in [0.5, 0.6) is 0 Å². The Bertz CT molecular complexity index is 246. The summed E-state index contributed by atoms with van der Waals surface area (Å²) in [5.41, 5.74) is 0.483. The van der Waals surface area contributed by atoms with Gasteiger partial charge in [0.1, 0.15) is 0 Å². The number of carbonyl (C=O) groups is 1. The average Bonchev–Trinajstić information content (AvgIpc) is 2.13. The first-order valence-corrected chi connectivity index (χ1v) is 6.02. The van der Waals surface area contributed by atoms with Crippen LogP contribution in [0.25, 0.3) is 0 Å². The predicted molar refractivity (Wildman–Crippen MR) is 60.6 cm³/mol. The van der Waals surface area contributed by atoms with Crippen molar-refractivity contribution in [2.24, 2.45) is 5.41 Å². The first kappa shape index (κ1) is 10.9. The van der Waals surface area contributed by atoms with E-state index in [0.717, 1.165) is 13.1 Å². The monoisotopic (exact) mass is 210 g/mol. The molecule has 2 rings (SSSR count). The summed E-state index contributed by atoms with van der Waals surface area (Å²) in [5.74, 6) is 0.243. The maximum absolute atomic E-state index is 11.1. The molecule has 1 amide bonds. The highest BCUT2D eigenvalue weighted by atomic mass is 16.2. The third-order valence-corrected chi connectivity index (χ3v) is 4.09. The van der Waals surface area contributed by atoms with Gasteiger partial charge in [-0.15, -0.1) is 0 Å². The van der Waals surface area contributed by atoms with Crippen molar-refractivity contribution in [1.29, 1.82) is 0 Å². The summed E-state index contributed by atoms with van der Waals surface area (Å²) in [5, 5.41) is 0. The summed E-state index contributed by atoms with van der Waals surface area (Å²) in [6.45, 7) is 10.6. The van der Waals surface area contributed by atoms with Gasteiger partial charge < -0.3 is 9.80 Å². The maximum Gasteiger partial charge on any atom is 0.219 e. The lowest BCUT2D eigenvalue weighted by molar-refractivity contribution is -0.144. The second-order valence-electron chi connectivity index (χ2n) is 5.50. The van der Waals surface area contributed by atoms with Crippen molar-refractivity contribution >= 4 is 5.91 Å². The number of piperidine rings is 1. The van der Waals surface area contributed by atoms with Crippen LogP contribution in [-0.2, 0) is 4.79 Å². The van der Waals surface area contributed by atoms with E-state index < -0.39 is 0 Å². The van der Waals surface area contributed by atoms with Crippen molar-refractivity contribution in [2.45, 2.75) is 39.7 Å². The summed E-state index contributed by atoms with van der Waals surface area (Å²) in [7, 11) is 0. The third kappa shape index (κ3) is 2.03. The lowest BCUT2D eigenvalue weighted by atomic mass is 9.72. The summed E-state index contributed by atoms with van der Waals surface area (Å²) in [6, 6.07) is 0.673. The molecule has 0 aliphatic carbocycles. The topological polar surface area (TPSA) is 23.6 Å². The molecule has 2 fully saturated rings. The fourth-order valence-electron chi connectivity index (χ4n) is 2.82. The molecule has 2 saturated heterocycles. The van der Waals surface area contributed by atoms with Gasteiger partial charge in [-0.25, -0.2) is 0 Å². The molecule has 2 heterocycles. The fraction of sp³-hybridized carbons (Fsp3) is 0.917. The van der Waals surface area contributed by atoms with Crippen molar-refractivity contribution in [2.75, 3.05) is 26.2 Å². The summed E-state index contributed by atoms with van der Waals surface area (Å²) < 4.78 is 0. The van der Waals surface area contributed by atoms with E-state index in [1.165, 1.54) is 25.9 Å². The molecule has 0 aromatic rings. The van der Waals surface area contributed by atoms with Gasteiger partial charge in [-0.05, 0) is 39.8 Å². The number of carbonyl (C=O) groups excluding carboxylic acids is 1. The van der Waals surface area contributed by atoms with Gasteiger partial charge in [-0.2, -0.15) is 0 Å². The van der Waals surface area contributed by atoms with Crippen LogP contribution < -0.4 is 0 Å². The SMILES string of the molecule is CC(=O)N1CC2(CCN(C(C)C)CC2)C1. The molecular weight excluding hydrogens is 188 g/mol. The van der Waals surface area contributed by atoms with Crippen molar-refractivity contribution in [3.63, 3.8) is 0 Å². The van der Waals surface area contributed by atoms with E-state index >= 15 is 0 Å². The number of amides is 1. The second kappa shape index (κ2) is 3.78. The van der Waals surface area contributed by atoms with E-state index in [1.54, 1.807) is 6.92 Å². The van der Waals surface area contributed by atoms with Crippen LogP contribution in [-0.4, -0.2) is 47.9 Å². The zero-order valence-corrected chi connectivity index (χ0v) is 10.1. The molecule has 1 spiro atoms. The molecule has 86 valence electrons. The molecule has 0 N–H and O–H groups in total. The lowest BCUT2D eigenvalue weighted by Gasteiger charge is -2.54. The molecule has 2 aliphatic heterocycles. The highest BCUT2D eigenvalue weighted by Crippen LogP contribution is 2.40. The van der Waals surface area contributed by atoms with Crippen LogP contribution in [0.15, 0.2) is 0 Å². The van der Waals surface area contributed by atoms with Crippen molar-refractivity contribution in [1.82, 2.24) is 9.80 Å². The van der Waals surface area contributed by atoms with Gasteiger partial charge in [0, 0.05) is 31.5 Å². The van der Waals surface area contributed by atoms with Gasteiger partial charge >= 0.3 is 0 Å². The molecule has 0 saturated carbocycles. The summed E-state index contributed by atoms with van der Waals surface area (Å²) in [4.78, 5) is 15.7. The van der Waals surface area contributed by atoms with E-state index in [9.17, 15) is 4.79 Å². The first-order chi connectivity index (χ1) is 7.02. The van der Waals surface area contributed by atoms with Gasteiger partial charge in [0.05, 0.1) is 0 Å². The molecule has 0 aromatic heterocycles. The lowest BCUT2D eigenvalue weighted by Crippen LogP contribution is -2.61. The average molecular weight is 210 g/mol. The highest BCUT2D eigenvalue weighted by molar-refractivity contribution is 5.74. The minimum absolute atomic E-state index is 0.243. The number of hydrogen-bond donors (Lipinski definition) is 0. The van der Waals surface area contributed by atoms with Gasteiger partial charge in [0.25, 0.3) is 0 Å². The molecule has 15 heavy (non-hydrogen) atoms. The number of nitrogens with zero attached hydrogens (tertiary/aromatic N) is 2. The normalized spacial score (nSPS) is 25.7. The van der Waals surface area contributed by atoms with Crippen LogP contribution in [0.1, 0.15) is 33.6 Å². The first-order valence-electron chi connectivity index (χ1n) is 6.02. The van der Waals surface area contributed by atoms with Crippen LogP contribution in [0, 0.1) is 5.41 Å². The van der Waals surface area contributed by atoms with Crippen LogP contribution >= 0.6 is 0 Å². The summed E-state index contributed by atoms with van der Waals surface area (Å²) in [6.07, 6.45) is 2.55. The Kier molecular flexibility index (Phi) is 2.75. The Morgan fingerprint density at radius 1 is 1.20 bits per heavy atom. The Morgan fingerprint density at radius 2 is 1.73 bits per heavy atom. The number of rotatable bonds is 1. The Hall–Kier alpha value is -0.570. The Balaban J connectivity index is 1.83. The van der Waals surface area contributed by atoms with Crippen molar-refractivity contribution in [3.8, 4) is 0 Å². The smallest absolute Gasteiger partial charge is 0.219 e. The quantitative estimate of drug-likeness (QED) is 0.652. The molecule has 0 unspecified atom stereocenters. The minimum atomic E-state index is 0.243. The maximum atomic E-state index is 11.1. The molecule has 0 radical (unpaired) electrons. The van der Waals surface area contributed by atoms with Crippen molar-refractivity contribution in [3.05, 3.63) is 0 Å². The highest BCUT2D eigenvalue weighted by Gasteiger charge is 2.45. The van der Waals surface area contributed by atoms with Crippen LogP contribution in [0.3, 0.4) is 0 Å². The number of likely N-dealkylation sites (tertiary alicyclic amines) is 2. The Morgan fingerprint density at radius 3 is 2.13 bits per heavy atom. The molecule has 2 aliphatic rings. The second-order valence-corrected chi connectivity index (χ2v) is 5.50. The standard InChI is InChI=1S/C12H22N2O/c1-10(2)13-6-4-12(5-7-13)8-14(9-12)11(3)15/h10H,4-9H2,1-3H3.